The Morgan fingerprint density at radius 3 is 2.33 bits per heavy atom. The molecule has 0 aromatic heterocycles. The zero-order valence-electron chi connectivity index (χ0n) is 15.8. The lowest BCUT2D eigenvalue weighted by Gasteiger charge is -2.29. The standard InChI is InChI=1S/C21H26N2O3S/c1-3-17-6-4-5-7-20(17)22-21(24)18-8-10-19(11-9-18)27(25,26)23-14-12-16(2)13-15-23/h4-11,16H,3,12-15H2,1-2H3,(H,22,24). The normalized spacial score (nSPS) is 16.2. The highest BCUT2D eigenvalue weighted by Crippen LogP contribution is 2.24. The van der Waals surface area contributed by atoms with Crippen molar-refractivity contribution in [2.45, 2.75) is 38.0 Å². The molecular formula is C21H26N2O3S. The molecule has 0 aliphatic carbocycles. The molecule has 1 heterocycles. The summed E-state index contributed by atoms with van der Waals surface area (Å²) in [5.74, 6) is 0.320. The SMILES string of the molecule is CCc1ccccc1NC(=O)c1ccc(S(=O)(=O)N2CCC(C)CC2)cc1. The number of nitrogens with one attached hydrogen (secondary N) is 1. The number of carbonyl (C=O) groups excluding carboxylic acids is 1. The lowest BCUT2D eigenvalue weighted by atomic mass is 10.0. The maximum absolute atomic E-state index is 12.8. The van der Waals surface area contributed by atoms with Gasteiger partial charge in [0.25, 0.3) is 5.91 Å². The van der Waals surface area contributed by atoms with E-state index >= 15 is 0 Å². The average molecular weight is 387 g/mol. The van der Waals surface area contributed by atoms with E-state index in [1.807, 2.05) is 31.2 Å². The summed E-state index contributed by atoms with van der Waals surface area (Å²) >= 11 is 0. The molecule has 1 aliphatic heterocycles. The molecule has 0 saturated carbocycles. The zero-order chi connectivity index (χ0) is 19.4. The highest BCUT2D eigenvalue weighted by molar-refractivity contribution is 7.89. The molecule has 27 heavy (non-hydrogen) atoms. The number of rotatable bonds is 5. The summed E-state index contributed by atoms with van der Waals surface area (Å²) in [4.78, 5) is 12.7. The molecule has 1 N–H and O–H groups in total. The molecule has 0 bridgehead atoms. The monoisotopic (exact) mass is 386 g/mol. The molecule has 6 heteroatoms. The van der Waals surface area contributed by atoms with E-state index in [-0.39, 0.29) is 10.8 Å². The predicted octanol–water partition coefficient (Wildman–Crippen LogP) is 3.92. The van der Waals surface area contributed by atoms with Gasteiger partial charge in [0.05, 0.1) is 4.90 Å². The average Bonchev–Trinajstić information content (AvgIpc) is 2.69. The van der Waals surface area contributed by atoms with Crippen LogP contribution in [0, 0.1) is 5.92 Å². The number of hydrogen-bond donors (Lipinski definition) is 1. The van der Waals surface area contributed by atoms with Gasteiger partial charge < -0.3 is 5.32 Å². The molecular weight excluding hydrogens is 360 g/mol. The van der Waals surface area contributed by atoms with Crippen LogP contribution in [0.15, 0.2) is 53.4 Å². The number of sulfonamides is 1. The van der Waals surface area contributed by atoms with Gasteiger partial charge in [-0.05, 0) is 61.1 Å². The second-order valence-corrected chi connectivity index (χ2v) is 9.01. The van der Waals surface area contributed by atoms with Gasteiger partial charge in [0, 0.05) is 24.3 Å². The quantitative estimate of drug-likeness (QED) is 0.847. The number of aryl methyl sites for hydroxylation is 1. The van der Waals surface area contributed by atoms with Crippen molar-refractivity contribution in [3.63, 3.8) is 0 Å². The third-order valence-electron chi connectivity index (χ3n) is 5.14. The van der Waals surface area contributed by atoms with E-state index in [1.54, 1.807) is 16.4 Å². The van der Waals surface area contributed by atoms with Crippen molar-refractivity contribution in [2.24, 2.45) is 5.92 Å². The second-order valence-electron chi connectivity index (χ2n) is 7.08. The summed E-state index contributed by atoms with van der Waals surface area (Å²) in [5.41, 5.74) is 2.28. The van der Waals surface area contributed by atoms with Gasteiger partial charge in [-0.1, -0.05) is 32.0 Å². The van der Waals surface area contributed by atoms with Crippen LogP contribution in [-0.4, -0.2) is 31.7 Å². The summed E-state index contributed by atoms with van der Waals surface area (Å²) in [5, 5.41) is 2.91. The van der Waals surface area contributed by atoms with Gasteiger partial charge in [-0.2, -0.15) is 4.31 Å². The number of amides is 1. The molecule has 1 fully saturated rings. The molecule has 2 aromatic rings. The van der Waals surface area contributed by atoms with Crippen LogP contribution < -0.4 is 5.32 Å². The molecule has 0 unspecified atom stereocenters. The van der Waals surface area contributed by atoms with Crippen LogP contribution in [0.25, 0.3) is 0 Å². The lowest BCUT2D eigenvalue weighted by molar-refractivity contribution is 0.102. The zero-order valence-corrected chi connectivity index (χ0v) is 16.6. The third-order valence-corrected chi connectivity index (χ3v) is 7.06. The van der Waals surface area contributed by atoms with E-state index in [9.17, 15) is 13.2 Å². The molecule has 144 valence electrons. The summed E-state index contributed by atoms with van der Waals surface area (Å²) in [7, 11) is -3.50. The van der Waals surface area contributed by atoms with Crippen LogP contribution in [0.1, 0.15) is 42.6 Å². The summed E-state index contributed by atoms with van der Waals surface area (Å²) in [6, 6.07) is 13.9. The fourth-order valence-electron chi connectivity index (χ4n) is 3.30. The van der Waals surface area contributed by atoms with E-state index in [2.05, 4.69) is 12.2 Å². The molecule has 1 aliphatic rings. The van der Waals surface area contributed by atoms with Crippen LogP contribution in [0.5, 0.6) is 0 Å². The minimum atomic E-state index is -3.50. The number of hydrogen-bond acceptors (Lipinski definition) is 3. The van der Waals surface area contributed by atoms with E-state index < -0.39 is 10.0 Å². The molecule has 1 amide bonds. The summed E-state index contributed by atoms with van der Waals surface area (Å²) in [6.07, 6.45) is 2.59. The first-order valence-electron chi connectivity index (χ1n) is 9.41. The maximum Gasteiger partial charge on any atom is 0.255 e. The Labute approximate surface area is 161 Å². The van der Waals surface area contributed by atoms with E-state index in [0.717, 1.165) is 30.5 Å². The fraction of sp³-hybridized carbons (Fsp3) is 0.381. The Morgan fingerprint density at radius 2 is 1.70 bits per heavy atom. The molecule has 2 aromatic carbocycles. The summed E-state index contributed by atoms with van der Waals surface area (Å²) in [6.45, 7) is 5.29. The first-order chi connectivity index (χ1) is 12.9. The van der Waals surface area contributed by atoms with Gasteiger partial charge in [0.2, 0.25) is 10.0 Å². The van der Waals surface area contributed by atoms with Crippen LogP contribution in [0.3, 0.4) is 0 Å². The van der Waals surface area contributed by atoms with Gasteiger partial charge in [-0.3, -0.25) is 4.79 Å². The smallest absolute Gasteiger partial charge is 0.255 e. The third kappa shape index (κ3) is 4.39. The van der Waals surface area contributed by atoms with Crippen LogP contribution in [0.2, 0.25) is 0 Å². The van der Waals surface area contributed by atoms with E-state index in [1.165, 1.54) is 12.1 Å². The van der Waals surface area contributed by atoms with Gasteiger partial charge in [-0.15, -0.1) is 0 Å². The Kier molecular flexibility index (Phi) is 5.97. The molecule has 0 atom stereocenters. The maximum atomic E-state index is 12.8. The summed E-state index contributed by atoms with van der Waals surface area (Å²) < 4.78 is 27.1. The number of carbonyl (C=O) groups is 1. The Morgan fingerprint density at radius 1 is 1.07 bits per heavy atom. The second kappa shape index (κ2) is 8.23. The van der Waals surface area contributed by atoms with E-state index in [0.29, 0.717) is 24.6 Å². The number of piperidine rings is 1. The van der Waals surface area contributed by atoms with Gasteiger partial charge in [0.1, 0.15) is 0 Å². The Balaban J connectivity index is 1.74. The first kappa shape index (κ1) is 19.6. The van der Waals surface area contributed by atoms with Crippen LogP contribution >= 0.6 is 0 Å². The van der Waals surface area contributed by atoms with Crippen LogP contribution in [-0.2, 0) is 16.4 Å². The van der Waals surface area contributed by atoms with Gasteiger partial charge >= 0.3 is 0 Å². The predicted molar refractivity (Wildman–Crippen MR) is 107 cm³/mol. The van der Waals surface area contributed by atoms with Gasteiger partial charge in [0.15, 0.2) is 0 Å². The topological polar surface area (TPSA) is 66.5 Å². The lowest BCUT2D eigenvalue weighted by Crippen LogP contribution is -2.37. The minimum absolute atomic E-state index is 0.238. The van der Waals surface area contributed by atoms with Crippen molar-refractivity contribution in [1.82, 2.24) is 4.31 Å². The molecule has 3 rings (SSSR count). The first-order valence-corrected chi connectivity index (χ1v) is 10.8. The van der Waals surface area contributed by atoms with Crippen LogP contribution in [0.4, 0.5) is 5.69 Å². The number of para-hydroxylation sites is 1. The van der Waals surface area contributed by atoms with Crippen molar-refractivity contribution in [2.75, 3.05) is 18.4 Å². The molecule has 5 nitrogen and oxygen atoms in total. The fourth-order valence-corrected chi connectivity index (χ4v) is 4.77. The van der Waals surface area contributed by atoms with Crippen molar-refractivity contribution in [3.05, 3.63) is 59.7 Å². The van der Waals surface area contributed by atoms with Crippen molar-refractivity contribution < 1.29 is 13.2 Å². The number of benzene rings is 2. The number of nitrogens with zero attached hydrogens (tertiary/aromatic N) is 1. The highest BCUT2D eigenvalue weighted by Gasteiger charge is 2.28. The minimum Gasteiger partial charge on any atom is -0.322 e. The van der Waals surface area contributed by atoms with E-state index in [4.69, 9.17) is 0 Å². The van der Waals surface area contributed by atoms with Crippen molar-refractivity contribution in [3.8, 4) is 0 Å². The molecule has 0 radical (unpaired) electrons. The van der Waals surface area contributed by atoms with Crippen molar-refractivity contribution in [1.29, 1.82) is 0 Å². The Hall–Kier alpha value is -2.18. The number of anilines is 1. The largest absolute Gasteiger partial charge is 0.322 e. The molecule has 1 saturated heterocycles. The Bertz CT molecular complexity index is 899. The van der Waals surface area contributed by atoms with Gasteiger partial charge in [-0.25, -0.2) is 8.42 Å². The molecule has 0 spiro atoms. The highest BCUT2D eigenvalue weighted by atomic mass is 32.2. The van der Waals surface area contributed by atoms with Crippen molar-refractivity contribution >= 4 is 21.6 Å².